The van der Waals surface area contributed by atoms with Crippen LogP contribution < -0.4 is 10.6 Å². The van der Waals surface area contributed by atoms with Gasteiger partial charge >= 0.3 is 6.09 Å². The first-order chi connectivity index (χ1) is 12.9. The third kappa shape index (κ3) is 5.61. The van der Waals surface area contributed by atoms with Gasteiger partial charge in [-0.2, -0.15) is 0 Å². The van der Waals surface area contributed by atoms with Crippen molar-refractivity contribution in [2.24, 2.45) is 5.92 Å². The molecule has 0 bridgehead atoms. The lowest BCUT2D eigenvalue weighted by Crippen LogP contribution is -2.51. The number of thiophene rings is 1. The number of fused-ring (bicyclic) bond motifs is 1. The SMILES string of the molecule is Cc1c(C(C)NC(=O)[C@@H](NC(=O)OC(C)(C)C)C(C)C)sc2ccc(Cl)cc12. The largest absolute Gasteiger partial charge is 0.444 e. The van der Waals surface area contributed by atoms with E-state index in [0.717, 1.165) is 20.5 Å². The van der Waals surface area contributed by atoms with Crippen LogP contribution in [0, 0.1) is 12.8 Å². The Morgan fingerprint density at radius 3 is 2.36 bits per heavy atom. The molecule has 2 amide bonds. The summed E-state index contributed by atoms with van der Waals surface area (Å²) in [6.45, 7) is 13.1. The van der Waals surface area contributed by atoms with Gasteiger partial charge in [-0.25, -0.2) is 4.79 Å². The normalized spacial score (nSPS) is 14.0. The molecule has 154 valence electrons. The van der Waals surface area contributed by atoms with Crippen molar-refractivity contribution >= 4 is 45.0 Å². The first-order valence-electron chi connectivity index (χ1n) is 9.37. The van der Waals surface area contributed by atoms with Crippen LogP contribution in [0.1, 0.15) is 58.0 Å². The van der Waals surface area contributed by atoms with Crippen LogP contribution in [0.15, 0.2) is 18.2 Å². The van der Waals surface area contributed by atoms with Gasteiger partial charge in [0, 0.05) is 14.6 Å². The van der Waals surface area contributed by atoms with Crippen molar-refractivity contribution in [1.82, 2.24) is 10.6 Å². The third-order valence-corrected chi connectivity index (χ3v) is 6.00. The molecule has 1 heterocycles. The van der Waals surface area contributed by atoms with E-state index in [1.165, 1.54) is 0 Å². The first-order valence-corrected chi connectivity index (χ1v) is 10.6. The molecular weight excluding hydrogens is 396 g/mol. The predicted octanol–water partition coefficient (Wildman–Crippen LogP) is 5.59. The second kappa shape index (κ2) is 8.70. The topological polar surface area (TPSA) is 67.4 Å². The smallest absolute Gasteiger partial charge is 0.408 e. The Morgan fingerprint density at radius 2 is 1.79 bits per heavy atom. The van der Waals surface area contributed by atoms with Crippen LogP contribution in [0.25, 0.3) is 10.1 Å². The summed E-state index contributed by atoms with van der Waals surface area (Å²) in [7, 11) is 0. The maximum atomic E-state index is 12.9. The van der Waals surface area contributed by atoms with E-state index >= 15 is 0 Å². The second-order valence-corrected chi connectivity index (χ2v) is 9.85. The average molecular weight is 425 g/mol. The first kappa shape index (κ1) is 22.5. The van der Waals surface area contributed by atoms with E-state index in [9.17, 15) is 9.59 Å². The summed E-state index contributed by atoms with van der Waals surface area (Å²) in [6, 6.07) is 4.94. The van der Waals surface area contributed by atoms with Crippen molar-refractivity contribution in [1.29, 1.82) is 0 Å². The average Bonchev–Trinajstić information content (AvgIpc) is 2.87. The minimum Gasteiger partial charge on any atom is -0.444 e. The molecule has 0 aliphatic carbocycles. The van der Waals surface area contributed by atoms with Gasteiger partial charge in [-0.05, 0) is 69.7 Å². The summed E-state index contributed by atoms with van der Waals surface area (Å²) in [4.78, 5) is 26.0. The monoisotopic (exact) mass is 424 g/mol. The molecule has 1 unspecified atom stereocenters. The molecule has 2 rings (SSSR count). The van der Waals surface area contributed by atoms with Crippen molar-refractivity contribution < 1.29 is 14.3 Å². The van der Waals surface area contributed by atoms with E-state index in [1.54, 1.807) is 32.1 Å². The number of carbonyl (C=O) groups is 2. The van der Waals surface area contributed by atoms with Gasteiger partial charge in [0.1, 0.15) is 11.6 Å². The Morgan fingerprint density at radius 1 is 1.14 bits per heavy atom. The summed E-state index contributed by atoms with van der Waals surface area (Å²) in [5, 5.41) is 7.51. The molecule has 2 aromatic rings. The van der Waals surface area contributed by atoms with E-state index in [2.05, 4.69) is 10.6 Å². The number of hydrogen-bond donors (Lipinski definition) is 2. The number of rotatable bonds is 5. The van der Waals surface area contributed by atoms with E-state index in [-0.39, 0.29) is 17.9 Å². The fourth-order valence-corrected chi connectivity index (χ4v) is 4.33. The van der Waals surface area contributed by atoms with Crippen LogP contribution >= 0.6 is 22.9 Å². The number of amides is 2. The van der Waals surface area contributed by atoms with Crippen LogP contribution in [0.2, 0.25) is 5.02 Å². The number of carbonyl (C=O) groups excluding carboxylic acids is 2. The molecule has 2 atom stereocenters. The number of ether oxygens (including phenoxy) is 1. The fraction of sp³-hybridized carbons (Fsp3) is 0.524. The zero-order valence-electron chi connectivity index (χ0n) is 17.5. The van der Waals surface area contributed by atoms with Gasteiger partial charge < -0.3 is 15.4 Å². The lowest BCUT2D eigenvalue weighted by atomic mass is 10.0. The molecule has 0 fully saturated rings. The highest BCUT2D eigenvalue weighted by Gasteiger charge is 2.28. The summed E-state index contributed by atoms with van der Waals surface area (Å²) >= 11 is 7.76. The molecule has 0 radical (unpaired) electrons. The zero-order valence-corrected chi connectivity index (χ0v) is 19.0. The third-order valence-electron chi connectivity index (χ3n) is 4.31. The molecular formula is C21H29ClN2O3S. The minimum atomic E-state index is -0.679. The van der Waals surface area contributed by atoms with Crippen LogP contribution in [-0.4, -0.2) is 23.6 Å². The van der Waals surface area contributed by atoms with Gasteiger partial charge in [-0.3, -0.25) is 4.79 Å². The summed E-state index contributed by atoms with van der Waals surface area (Å²) in [5.74, 6) is -0.315. The molecule has 0 saturated carbocycles. The van der Waals surface area contributed by atoms with Crippen LogP contribution in [0.3, 0.4) is 0 Å². The number of halogens is 1. The Kier molecular flexibility index (Phi) is 6.99. The van der Waals surface area contributed by atoms with Crippen LogP contribution in [0.5, 0.6) is 0 Å². The molecule has 2 N–H and O–H groups in total. The minimum absolute atomic E-state index is 0.0815. The molecule has 7 heteroatoms. The summed E-state index contributed by atoms with van der Waals surface area (Å²) in [5.41, 5.74) is 0.488. The molecule has 1 aromatic heterocycles. The van der Waals surface area contributed by atoms with Crippen LogP contribution in [-0.2, 0) is 9.53 Å². The highest BCUT2D eigenvalue weighted by atomic mass is 35.5. The summed E-state index contributed by atoms with van der Waals surface area (Å²) < 4.78 is 6.42. The fourth-order valence-electron chi connectivity index (χ4n) is 2.96. The standard InChI is InChI=1S/C21H29ClN2O3S/c1-11(2)17(24-20(26)27-21(5,6)7)19(25)23-13(4)18-12(3)15-10-14(22)8-9-16(15)28-18/h8-11,13,17H,1-7H3,(H,23,25)(H,24,26)/t13?,17-/m0/s1. The molecule has 1 aromatic carbocycles. The maximum Gasteiger partial charge on any atom is 0.408 e. The number of hydrogen-bond acceptors (Lipinski definition) is 4. The molecule has 28 heavy (non-hydrogen) atoms. The molecule has 0 spiro atoms. The second-order valence-electron chi connectivity index (χ2n) is 8.33. The summed E-state index contributed by atoms with van der Waals surface area (Å²) in [6.07, 6.45) is -0.596. The molecule has 0 saturated heterocycles. The number of nitrogens with one attached hydrogen (secondary N) is 2. The van der Waals surface area contributed by atoms with Gasteiger partial charge in [0.05, 0.1) is 6.04 Å². The molecule has 0 aliphatic heterocycles. The van der Waals surface area contributed by atoms with Gasteiger partial charge in [0.15, 0.2) is 0 Å². The lowest BCUT2D eigenvalue weighted by molar-refractivity contribution is -0.124. The van der Waals surface area contributed by atoms with E-state index in [1.807, 2.05) is 45.9 Å². The Bertz CT molecular complexity index is 870. The zero-order chi connectivity index (χ0) is 21.2. The van der Waals surface area contributed by atoms with Crippen molar-refractivity contribution in [2.75, 3.05) is 0 Å². The molecule has 0 aliphatic rings. The van der Waals surface area contributed by atoms with Gasteiger partial charge in [-0.1, -0.05) is 25.4 Å². The lowest BCUT2D eigenvalue weighted by Gasteiger charge is -2.26. The Balaban J connectivity index is 2.14. The van der Waals surface area contributed by atoms with Gasteiger partial charge in [-0.15, -0.1) is 11.3 Å². The molecule has 5 nitrogen and oxygen atoms in total. The van der Waals surface area contributed by atoms with E-state index in [4.69, 9.17) is 16.3 Å². The predicted molar refractivity (Wildman–Crippen MR) is 116 cm³/mol. The van der Waals surface area contributed by atoms with Crippen molar-refractivity contribution in [2.45, 2.75) is 66.2 Å². The van der Waals surface area contributed by atoms with Crippen LogP contribution in [0.4, 0.5) is 4.79 Å². The van der Waals surface area contributed by atoms with Crippen molar-refractivity contribution in [3.8, 4) is 0 Å². The van der Waals surface area contributed by atoms with E-state index in [0.29, 0.717) is 5.02 Å². The Labute approximate surface area is 175 Å². The van der Waals surface area contributed by atoms with E-state index < -0.39 is 17.7 Å². The number of alkyl carbamates (subject to hydrolysis) is 1. The van der Waals surface area contributed by atoms with Crippen molar-refractivity contribution in [3.63, 3.8) is 0 Å². The highest BCUT2D eigenvalue weighted by molar-refractivity contribution is 7.19. The Hall–Kier alpha value is -1.79. The number of benzene rings is 1. The highest BCUT2D eigenvalue weighted by Crippen LogP contribution is 2.36. The maximum absolute atomic E-state index is 12.9. The van der Waals surface area contributed by atoms with Crippen molar-refractivity contribution in [3.05, 3.63) is 33.7 Å². The quantitative estimate of drug-likeness (QED) is 0.657. The van der Waals surface area contributed by atoms with Gasteiger partial charge in [0.2, 0.25) is 5.91 Å². The number of aryl methyl sites for hydroxylation is 1. The van der Waals surface area contributed by atoms with Gasteiger partial charge in [0.25, 0.3) is 0 Å².